The van der Waals surface area contributed by atoms with Crippen LogP contribution in [-0.2, 0) is 9.59 Å². The molecule has 7 nitrogen and oxygen atoms in total. The maximum atomic E-state index is 12.4. The second-order valence-corrected chi connectivity index (χ2v) is 5.84. The molecule has 0 spiro atoms. The Labute approximate surface area is 124 Å². The van der Waals surface area contributed by atoms with Crippen molar-refractivity contribution in [3.63, 3.8) is 0 Å². The van der Waals surface area contributed by atoms with Crippen LogP contribution in [0.25, 0.3) is 0 Å². The first-order valence-electron chi connectivity index (χ1n) is 7.52. The molecule has 21 heavy (non-hydrogen) atoms. The number of hydrogen-bond donors (Lipinski definition) is 2. The molecule has 2 aliphatic rings. The van der Waals surface area contributed by atoms with Crippen LogP contribution in [0.5, 0.6) is 0 Å². The number of carboxylic acid groups (broad SMARTS) is 1. The molecule has 0 unspecified atom stereocenters. The lowest BCUT2D eigenvalue weighted by Gasteiger charge is -2.35. The van der Waals surface area contributed by atoms with Gasteiger partial charge in [0.1, 0.15) is 6.04 Å². The second kappa shape index (κ2) is 6.78. The second-order valence-electron chi connectivity index (χ2n) is 5.84. The summed E-state index contributed by atoms with van der Waals surface area (Å²) in [6.07, 6.45) is 2.98. The van der Waals surface area contributed by atoms with Crippen molar-refractivity contribution in [2.24, 2.45) is 5.92 Å². The molecule has 0 radical (unpaired) electrons. The number of nitrogens with one attached hydrogen (secondary N) is 1. The molecule has 0 aromatic rings. The van der Waals surface area contributed by atoms with E-state index in [1.807, 2.05) is 0 Å². The molecule has 2 N–H and O–H groups in total. The van der Waals surface area contributed by atoms with Gasteiger partial charge in [-0.15, -0.1) is 0 Å². The summed E-state index contributed by atoms with van der Waals surface area (Å²) < 4.78 is 0. The smallest absolute Gasteiger partial charge is 0.326 e. The van der Waals surface area contributed by atoms with E-state index in [2.05, 4.69) is 5.32 Å². The zero-order valence-electron chi connectivity index (χ0n) is 12.4. The Morgan fingerprint density at radius 3 is 2.38 bits per heavy atom. The Morgan fingerprint density at radius 1 is 1.14 bits per heavy atom. The number of amides is 3. The topological polar surface area (TPSA) is 90.0 Å². The number of carboxylic acids is 1. The van der Waals surface area contributed by atoms with Gasteiger partial charge < -0.3 is 20.2 Å². The lowest BCUT2D eigenvalue weighted by molar-refractivity contribution is -0.141. The summed E-state index contributed by atoms with van der Waals surface area (Å²) in [6, 6.07) is -0.826. The minimum absolute atomic E-state index is 0.0325. The molecular weight excluding hydrogens is 274 g/mol. The van der Waals surface area contributed by atoms with Crippen LogP contribution in [0.15, 0.2) is 0 Å². The van der Waals surface area contributed by atoms with Gasteiger partial charge in [0.2, 0.25) is 5.91 Å². The number of hydrogen-bond acceptors (Lipinski definition) is 3. The highest BCUT2D eigenvalue weighted by molar-refractivity contribution is 5.83. The van der Waals surface area contributed by atoms with E-state index in [9.17, 15) is 14.4 Å². The number of urea groups is 1. The summed E-state index contributed by atoms with van der Waals surface area (Å²) in [7, 11) is 0. The summed E-state index contributed by atoms with van der Waals surface area (Å²) in [5.41, 5.74) is 0. The molecule has 2 heterocycles. The molecule has 0 saturated carbocycles. The summed E-state index contributed by atoms with van der Waals surface area (Å²) >= 11 is 0. The maximum absolute atomic E-state index is 12.4. The van der Waals surface area contributed by atoms with Crippen LogP contribution in [0, 0.1) is 5.92 Å². The zero-order chi connectivity index (χ0) is 15.4. The molecule has 2 rings (SSSR count). The third kappa shape index (κ3) is 3.86. The van der Waals surface area contributed by atoms with Crippen LogP contribution in [0.1, 0.15) is 32.6 Å². The Morgan fingerprint density at radius 2 is 1.81 bits per heavy atom. The number of likely N-dealkylation sites (tertiary alicyclic amines) is 2. The van der Waals surface area contributed by atoms with Gasteiger partial charge in [-0.1, -0.05) is 0 Å². The predicted octanol–water partition coefficient (Wildman–Crippen LogP) is 0.504. The zero-order valence-corrected chi connectivity index (χ0v) is 12.4. The number of carbonyl (C=O) groups excluding carboxylic acids is 2. The first kappa shape index (κ1) is 15.6. The summed E-state index contributed by atoms with van der Waals surface area (Å²) in [4.78, 5) is 37.7. The van der Waals surface area contributed by atoms with Crippen molar-refractivity contribution in [3.8, 4) is 0 Å². The maximum Gasteiger partial charge on any atom is 0.326 e. The number of rotatable bonds is 3. The van der Waals surface area contributed by atoms with E-state index in [0.29, 0.717) is 38.5 Å². The largest absolute Gasteiger partial charge is 0.480 e. The highest BCUT2D eigenvalue weighted by Gasteiger charge is 2.37. The molecule has 3 amide bonds. The normalized spacial score (nSPS) is 23.2. The molecule has 7 heteroatoms. The van der Waals surface area contributed by atoms with Crippen molar-refractivity contribution in [2.75, 3.05) is 26.2 Å². The number of piperidine rings is 1. The van der Waals surface area contributed by atoms with Gasteiger partial charge in [0, 0.05) is 33.1 Å². The van der Waals surface area contributed by atoms with Crippen LogP contribution in [0.3, 0.4) is 0 Å². The van der Waals surface area contributed by atoms with Crippen LogP contribution in [0.4, 0.5) is 4.79 Å². The van der Waals surface area contributed by atoms with Gasteiger partial charge >= 0.3 is 12.0 Å². The van der Waals surface area contributed by atoms with E-state index in [4.69, 9.17) is 5.11 Å². The van der Waals surface area contributed by atoms with E-state index in [1.54, 1.807) is 4.90 Å². The SMILES string of the molecule is CC(=O)NCC1CCN(C(=O)N2CCC[C@@H]2C(=O)O)CC1. The van der Waals surface area contributed by atoms with Gasteiger partial charge in [-0.25, -0.2) is 9.59 Å². The van der Waals surface area contributed by atoms with E-state index in [-0.39, 0.29) is 11.9 Å². The lowest BCUT2D eigenvalue weighted by Crippen LogP contribution is -2.50. The summed E-state index contributed by atoms with van der Waals surface area (Å²) in [6.45, 7) is 3.94. The van der Waals surface area contributed by atoms with E-state index >= 15 is 0 Å². The highest BCUT2D eigenvalue weighted by Crippen LogP contribution is 2.23. The Hall–Kier alpha value is -1.79. The third-order valence-electron chi connectivity index (χ3n) is 4.31. The van der Waals surface area contributed by atoms with Gasteiger partial charge in [-0.2, -0.15) is 0 Å². The van der Waals surface area contributed by atoms with Crippen LogP contribution in [0.2, 0.25) is 0 Å². The predicted molar refractivity (Wildman–Crippen MR) is 75.7 cm³/mol. The number of carbonyl (C=O) groups is 3. The molecule has 0 bridgehead atoms. The van der Waals surface area contributed by atoms with E-state index < -0.39 is 12.0 Å². The van der Waals surface area contributed by atoms with E-state index in [1.165, 1.54) is 11.8 Å². The number of nitrogens with zero attached hydrogens (tertiary/aromatic N) is 2. The molecule has 1 atom stereocenters. The van der Waals surface area contributed by atoms with Gasteiger partial charge in [0.05, 0.1) is 0 Å². The number of aliphatic carboxylic acids is 1. The molecular formula is C14H23N3O4. The molecule has 2 fully saturated rings. The minimum Gasteiger partial charge on any atom is -0.480 e. The van der Waals surface area contributed by atoms with E-state index in [0.717, 1.165) is 19.3 Å². The lowest BCUT2D eigenvalue weighted by atomic mass is 9.97. The Bertz CT molecular complexity index is 418. The van der Waals surface area contributed by atoms with Gasteiger partial charge in [0.15, 0.2) is 0 Å². The molecule has 0 aliphatic carbocycles. The molecule has 2 saturated heterocycles. The van der Waals surface area contributed by atoms with Crippen molar-refractivity contribution in [1.82, 2.24) is 15.1 Å². The third-order valence-corrected chi connectivity index (χ3v) is 4.31. The van der Waals surface area contributed by atoms with Crippen molar-refractivity contribution in [3.05, 3.63) is 0 Å². The fourth-order valence-corrected chi connectivity index (χ4v) is 3.05. The molecule has 0 aromatic heterocycles. The van der Waals surface area contributed by atoms with Crippen molar-refractivity contribution in [2.45, 2.75) is 38.6 Å². The Kier molecular flexibility index (Phi) is 5.03. The standard InChI is InChI=1S/C14H23N3O4/c1-10(18)15-9-11-4-7-16(8-5-11)14(21)17-6-2-3-12(17)13(19)20/h11-12H,2-9H2,1H3,(H,15,18)(H,19,20)/t12-/m1/s1. The van der Waals surface area contributed by atoms with Crippen molar-refractivity contribution >= 4 is 17.9 Å². The fourth-order valence-electron chi connectivity index (χ4n) is 3.05. The van der Waals surface area contributed by atoms with Gasteiger partial charge in [0.25, 0.3) is 0 Å². The fraction of sp³-hybridized carbons (Fsp3) is 0.786. The first-order chi connectivity index (χ1) is 9.99. The first-order valence-corrected chi connectivity index (χ1v) is 7.52. The minimum atomic E-state index is -0.915. The quantitative estimate of drug-likeness (QED) is 0.794. The highest BCUT2D eigenvalue weighted by atomic mass is 16.4. The van der Waals surface area contributed by atoms with Gasteiger partial charge in [-0.05, 0) is 31.6 Å². The average Bonchev–Trinajstić information content (AvgIpc) is 2.94. The van der Waals surface area contributed by atoms with Crippen molar-refractivity contribution in [1.29, 1.82) is 0 Å². The van der Waals surface area contributed by atoms with Crippen LogP contribution < -0.4 is 5.32 Å². The summed E-state index contributed by atoms with van der Waals surface area (Å²) in [5.74, 6) is -0.553. The van der Waals surface area contributed by atoms with Gasteiger partial charge in [-0.3, -0.25) is 4.79 Å². The molecule has 2 aliphatic heterocycles. The average molecular weight is 297 g/mol. The Balaban J connectivity index is 1.83. The summed E-state index contributed by atoms with van der Waals surface area (Å²) in [5, 5.41) is 11.9. The van der Waals surface area contributed by atoms with Crippen molar-refractivity contribution < 1.29 is 19.5 Å². The molecule has 0 aromatic carbocycles. The molecule has 118 valence electrons. The van der Waals surface area contributed by atoms with Crippen LogP contribution in [-0.4, -0.2) is 65.0 Å². The monoisotopic (exact) mass is 297 g/mol. The van der Waals surface area contributed by atoms with Crippen LogP contribution >= 0.6 is 0 Å².